The van der Waals surface area contributed by atoms with Crippen LogP contribution in [0.3, 0.4) is 0 Å². The van der Waals surface area contributed by atoms with Crippen molar-refractivity contribution in [1.29, 1.82) is 0 Å². The second-order valence-corrected chi connectivity index (χ2v) is 5.50. The molecule has 0 aliphatic heterocycles. The van der Waals surface area contributed by atoms with Crippen molar-refractivity contribution >= 4 is 5.97 Å². The van der Waals surface area contributed by atoms with Gasteiger partial charge in [0.1, 0.15) is 0 Å². The van der Waals surface area contributed by atoms with Gasteiger partial charge in [-0.1, -0.05) is 33.8 Å². The summed E-state index contributed by atoms with van der Waals surface area (Å²) in [6, 6.07) is 0. The Bertz CT molecular complexity index is 241. The first kappa shape index (κ1) is 15.2. The summed E-state index contributed by atoms with van der Waals surface area (Å²) in [5, 5.41) is 8.73. The maximum absolute atomic E-state index is 10.6. The van der Waals surface area contributed by atoms with Gasteiger partial charge in [0.2, 0.25) is 0 Å². The summed E-state index contributed by atoms with van der Waals surface area (Å²) in [5.74, 6) is 1.25. The molecule has 0 aromatic heterocycles. The molecule has 0 heterocycles. The van der Waals surface area contributed by atoms with Gasteiger partial charge in [-0.3, -0.25) is 0 Å². The lowest BCUT2D eigenvalue weighted by Gasteiger charge is -2.17. The molecule has 0 aliphatic carbocycles. The first-order valence-corrected chi connectivity index (χ1v) is 6.23. The second-order valence-electron chi connectivity index (χ2n) is 5.50. The van der Waals surface area contributed by atoms with Crippen molar-refractivity contribution in [2.24, 2.45) is 17.8 Å². The molecule has 0 bridgehead atoms. The molecule has 0 rings (SSSR count). The topological polar surface area (TPSA) is 37.3 Å². The molecule has 1 N–H and O–H groups in total. The van der Waals surface area contributed by atoms with Gasteiger partial charge in [-0.25, -0.2) is 4.79 Å². The van der Waals surface area contributed by atoms with Crippen molar-refractivity contribution in [3.63, 3.8) is 0 Å². The predicted molar refractivity (Wildman–Crippen MR) is 68.4 cm³/mol. The molecule has 16 heavy (non-hydrogen) atoms. The highest BCUT2D eigenvalue weighted by Gasteiger charge is 2.10. The standard InChI is InChI=1S/C14H26O2/c1-10(2)8-12(4)9-11(3)6-7-13(5)14(15)16/h7,10-12H,6,8-9H2,1-5H3,(H,15,16). The highest BCUT2D eigenvalue weighted by atomic mass is 16.4. The first-order chi connectivity index (χ1) is 7.32. The van der Waals surface area contributed by atoms with Crippen molar-refractivity contribution in [2.75, 3.05) is 0 Å². The molecule has 0 saturated carbocycles. The van der Waals surface area contributed by atoms with Gasteiger partial charge in [-0.2, -0.15) is 0 Å². The molecule has 94 valence electrons. The summed E-state index contributed by atoms with van der Waals surface area (Å²) in [6.07, 6.45) is 5.16. The van der Waals surface area contributed by atoms with Gasteiger partial charge < -0.3 is 5.11 Å². The molecular weight excluding hydrogens is 200 g/mol. The third-order valence-electron chi connectivity index (χ3n) is 2.84. The van der Waals surface area contributed by atoms with E-state index >= 15 is 0 Å². The summed E-state index contributed by atoms with van der Waals surface area (Å²) in [5.41, 5.74) is 0.461. The second kappa shape index (κ2) is 7.48. The molecule has 2 unspecified atom stereocenters. The van der Waals surface area contributed by atoms with Crippen LogP contribution in [0, 0.1) is 17.8 Å². The van der Waals surface area contributed by atoms with Crippen LogP contribution in [0.15, 0.2) is 11.6 Å². The number of carbonyl (C=O) groups is 1. The Morgan fingerprint density at radius 3 is 2.12 bits per heavy atom. The van der Waals surface area contributed by atoms with Crippen molar-refractivity contribution in [2.45, 2.75) is 53.9 Å². The normalized spacial score (nSPS) is 16.2. The average Bonchev–Trinajstić information content (AvgIpc) is 2.12. The first-order valence-electron chi connectivity index (χ1n) is 6.23. The van der Waals surface area contributed by atoms with E-state index in [1.54, 1.807) is 6.92 Å². The van der Waals surface area contributed by atoms with Gasteiger partial charge in [0.25, 0.3) is 0 Å². The van der Waals surface area contributed by atoms with Gasteiger partial charge in [-0.05, 0) is 43.9 Å². The fourth-order valence-electron chi connectivity index (χ4n) is 2.15. The average molecular weight is 226 g/mol. The largest absolute Gasteiger partial charge is 0.478 e. The molecule has 0 aliphatic rings. The van der Waals surface area contributed by atoms with Gasteiger partial charge in [0.15, 0.2) is 0 Å². The molecule has 0 fully saturated rings. The highest BCUT2D eigenvalue weighted by molar-refractivity contribution is 5.85. The van der Waals surface area contributed by atoms with Crippen molar-refractivity contribution < 1.29 is 9.90 Å². The zero-order valence-corrected chi connectivity index (χ0v) is 11.3. The van der Waals surface area contributed by atoms with Crippen LogP contribution in [0.4, 0.5) is 0 Å². The third kappa shape index (κ3) is 7.49. The van der Waals surface area contributed by atoms with E-state index in [9.17, 15) is 4.79 Å². The Balaban J connectivity index is 3.95. The van der Waals surface area contributed by atoms with Gasteiger partial charge in [-0.15, -0.1) is 0 Å². The molecule has 0 amide bonds. The van der Waals surface area contributed by atoms with E-state index < -0.39 is 5.97 Å². The van der Waals surface area contributed by atoms with Crippen LogP contribution >= 0.6 is 0 Å². The molecule has 2 heteroatoms. The molecule has 0 saturated heterocycles. The Kier molecular flexibility index (Phi) is 7.11. The minimum Gasteiger partial charge on any atom is -0.478 e. The quantitative estimate of drug-likeness (QED) is 0.663. The monoisotopic (exact) mass is 226 g/mol. The van der Waals surface area contributed by atoms with Crippen LogP contribution in [0.5, 0.6) is 0 Å². The summed E-state index contributed by atoms with van der Waals surface area (Å²) < 4.78 is 0. The fourth-order valence-corrected chi connectivity index (χ4v) is 2.15. The van der Waals surface area contributed by atoms with E-state index in [1.807, 2.05) is 6.08 Å². The zero-order valence-electron chi connectivity index (χ0n) is 11.3. The van der Waals surface area contributed by atoms with Crippen LogP contribution in [0.25, 0.3) is 0 Å². The van der Waals surface area contributed by atoms with Crippen molar-refractivity contribution in [3.05, 3.63) is 11.6 Å². The molecule has 0 aromatic rings. The SMILES string of the molecule is CC(=CCC(C)CC(C)CC(C)C)C(=O)O. The summed E-state index contributed by atoms with van der Waals surface area (Å²) in [6.45, 7) is 10.6. The van der Waals surface area contributed by atoms with Crippen LogP contribution in [0.2, 0.25) is 0 Å². The van der Waals surface area contributed by atoms with E-state index in [0.717, 1.165) is 18.3 Å². The molecule has 0 spiro atoms. The number of hydrogen-bond donors (Lipinski definition) is 1. The number of carboxylic acids is 1. The Morgan fingerprint density at radius 2 is 1.69 bits per heavy atom. The summed E-state index contributed by atoms with van der Waals surface area (Å²) in [4.78, 5) is 10.6. The lowest BCUT2D eigenvalue weighted by Crippen LogP contribution is -2.06. The Hall–Kier alpha value is -0.790. The molecule has 0 aromatic carbocycles. The summed E-state index contributed by atoms with van der Waals surface area (Å²) >= 11 is 0. The van der Waals surface area contributed by atoms with Crippen LogP contribution in [-0.2, 0) is 4.79 Å². The van der Waals surface area contributed by atoms with Gasteiger partial charge in [0, 0.05) is 5.57 Å². The van der Waals surface area contributed by atoms with E-state index in [1.165, 1.54) is 12.8 Å². The number of aliphatic carboxylic acids is 1. The number of allylic oxidation sites excluding steroid dienone is 1. The smallest absolute Gasteiger partial charge is 0.330 e. The van der Waals surface area contributed by atoms with E-state index in [4.69, 9.17) is 5.11 Å². The van der Waals surface area contributed by atoms with Crippen LogP contribution in [-0.4, -0.2) is 11.1 Å². The molecule has 0 radical (unpaired) electrons. The number of hydrogen-bond acceptors (Lipinski definition) is 1. The highest BCUT2D eigenvalue weighted by Crippen LogP contribution is 2.21. The van der Waals surface area contributed by atoms with Gasteiger partial charge in [0.05, 0.1) is 0 Å². The van der Waals surface area contributed by atoms with Crippen molar-refractivity contribution in [1.82, 2.24) is 0 Å². The number of carboxylic acid groups (broad SMARTS) is 1. The van der Waals surface area contributed by atoms with E-state index in [-0.39, 0.29) is 0 Å². The molecule has 2 nitrogen and oxygen atoms in total. The maximum atomic E-state index is 10.6. The minimum atomic E-state index is -0.803. The Morgan fingerprint density at radius 1 is 1.12 bits per heavy atom. The van der Waals surface area contributed by atoms with Gasteiger partial charge >= 0.3 is 5.97 Å². The minimum absolute atomic E-state index is 0.461. The Labute approximate surface area is 99.7 Å². The molecule has 2 atom stereocenters. The van der Waals surface area contributed by atoms with Crippen molar-refractivity contribution in [3.8, 4) is 0 Å². The van der Waals surface area contributed by atoms with E-state index in [0.29, 0.717) is 11.5 Å². The fraction of sp³-hybridized carbons (Fsp3) is 0.786. The van der Waals surface area contributed by atoms with Crippen LogP contribution in [0.1, 0.15) is 53.9 Å². The zero-order chi connectivity index (χ0) is 12.7. The van der Waals surface area contributed by atoms with E-state index in [2.05, 4.69) is 27.7 Å². The lowest BCUT2D eigenvalue weighted by atomic mass is 9.88. The summed E-state index contributed by atoms with van der Waals surface area (Å²) in [7, 11) is 0. The van der Waals surface area contributed by atoms with Crippen LogP contribution < -0.4 is 0 Å². The number of rotatable bonds is 7. The third-order valence-corrected chi connectivity index (χ3v) is 2.84. The maximum Gasteiger partial charge on any atom is 0.330 e. The predicted octanol–water partition coefficient (Wildman–Crippen LogP) is 4.12. The molecular formula is C14H26O2. The lowest BCUT2D eigenvalue weighted by molar-refractivity contribution is -0.132.